The summed E-state index contributed by atoms with van der Waals surface area (Å²) in [4.78, 5) is 14.9. The number of nitrogens with zero attached hydrogens (tertiary/aromatic N) is 3. The lowest BCUT2D eigenvalue weighted by Gasteiger charge is -2.39. The molecule has 3 fully saturated rings. The number of hydrogen-bond donors (Lipinski definition) is 2. The average Bonchev–Trinajstić information content (AvgIpc) is 2.70. The molecule has 0 aromatic rings. The van der Waals surface area contributed by atoms with E-state index in [0.717, 1.165) is 51.6 Å². The summed E-state index contributed by atoms with van der Waals surface area (Å²) in [5, 5.41) is 40.2. The molecule has 0 bridgehead atoms. The number of hydrogen-bond acceptors (Lipinski definition) is 8. The largest absolute Gasteiger partial charge is 0.762 e. The number of carbonyl (C=O) groups excluding carboxylic acids is 1. The maximum Gasteiger partial charge on any atom is 0.149 e. The van der Waals surface area contributed by atoms with Crippen LogP contribution in [0.15, 0.2) is 0 Å². The van der Waals surface area contributed by atoms with Gasteiger partial charge in [-0.15, -0.1) is 0 Å². The maximum atomic E-state index is 12.6. The fourth-order valence-corrected chi connectivity index (χ4v) is 5.42. The zero-order valence-electron chi connectivity index (χ0n) is 16.7. The Labute approximate surface area is 167 Å². The second-order valence-corrected chi connectivity index (χ2v) is 9.21. The number of hydroxylamine groups is 4. The molecule has 2 N–H and O–H groups in total. The lowest BCUT2D eigenvalue weighted by Crippen LogP contribution is -2.41. The molecule has 8 nitrogen and oxygen atoms in total. The van der Waals surface area contributed by atoms with Crippen molar-refractivity contribution in [2.75, 3.05) is 19.6 Å². The molecular weight excluding hydrogens is 362 g/mol. The van der Waals surface area contributed by atoms with E-state index < -0.39 is 0 Å². The zero-order chi connectivity index (χ0) is 20.1. The van der Waals surface area contributed by atoms with Crippen molar-refractivity contribution in [2.45, 2.75) is 82.7 Å². The highest BCUT2D eigenvalue weighted by atomic mass is 16.8. The van der Waals surface area contributed by atoms with Crippen molar-refractivity contribution in [3.63, 3.8) is 0 Å². The summed E-state index contributed by atoms with van der Waals surface area (Å²) in [5.41, 5.74) is 0. The molecule has 1 aliphatic heterocycles. The van der Waals surface area contributed by atoms with Crippen LogP contribution in [0.3, 0.4) is 0 Å². The van der Waals surface area contributed by atoms with Gasteiger partial charge in [0.1, 0.15) is 5.78 Å². The van der Waals surface area contributed by atoms with Crippen LogP contribution < -0.4 is 0 Å². The van der Waals surface area contributed by atoms with Crippen molar-refractivity contribution in [1.82, 2.24) is 15.4 Å². The molecule has 3 rings (SSSR count). The Kier molecular flexibility index (Phi) is 8.22. The molecule has 0 amide bonds. The zero-order valence-corrected chi connectivity index (χ0v) is 16.7. The van der Waals surface area contributed by atoms with Crippen molar-refractivity contribution < 1.29 is 15.2 Å². The molecule has 0 aromatic carbocycles. The van der Waals surface area contributed by atoms with Crippen LogP contribution in [-0.2, 0) is 4.79 Å². The van der Waals surface area contributed by atoms with Gasteiger partial charge >= 0.3 is 0 Å². The summed E-state index contributed by atoms with van der Waals surface area (Å²) in [7, 11) is 0. The van der Waals surface area contributed by atoms with Gasteiger partial charge < -0.3 is 20.8 Å². The van der Waals surface area contributed by atoms with Crippen LogP contribution in [0.25, 0.3) is 0 Å². The molecule has 3 aliphatic rings. The lowest BCUT2D eigenvalue weighted by molar-refractivity contribution is -0.128. The van der Waals surface area contributed by atoms with Crippen molar-refractivity contribution in [1.29, 1.82) is 0 Å². The molecular formula is C20H35N3O5-2. The van der Waals surface area contributed by atoms with E-state index in [4.69, 9.17) is 10.4 Å². The van der Waals surface area contributed by atoms with Gasteiger partial charge in [-0.05, 0) is 95.6 Å². The van der Waals surface area contributed by atoms with E-state index in [0.29, 0.717) is 44.1 Å². The topological polar surface area (TPSA) is 113 Å². The minimum atomic E-state index is -0.344. The van der Waals surface area contributed by atoms with Gasteiger partial charge in [-0.2, -0.15) is 0 Å². The quantitative estimate of drug-likeness (QED) is 0.630. The first-order valence-electron chi connectivity index (χ1n) is 11.0. The lowest BCUT2D eigenvalue weighted by atomic mass is 9.78. The number of Topliss-reactive ketones (excluding diaryl/α,β-unsaturated/α-hetero) is 1. The SMILES string of the molecule is O=C(CN1CCC(CC2CCC(N([O-])O)CC2)CC1)C1CCC(N([O-])O)CC1. The fraction of sp³-hybridized carbons (Fsp3) is 0.950. The van der Waals surface area contributed by atoms with Gasteiger partial charge in [-0.3, -0.25) is 20.1 Å². The van der Waals surface area contributed by atoms with Crippen molar-refractivity contribution >= 4 is 5.78 Å². The first-order chi connectivity index (χ1) is 13.4. The summed E-state index contributed by atoms with van der Waals surface area (Å²) in [6.45, 7) is 2.46. The molecule has 0 unspecified atom stereocenters. The number of ketones is 1. The Balaban J connectivity index is 1.32. The van der Waals surface area contributed by atoms with Gasteiger partial charge in [0.05, 0.1) is 6.54 Å². The van der Waals surface area contributed by atoms with E-state index >= 15 is 0 Å². The summed E-state index contributed by atoms with van der Waals surface area (Å²) in [5.74, 6) is 1.69. The number of piperidine rings is 1. The average molecular weight is 398 g/mol. The second kappa shape index (κ2) is 10.4. The van der Waals surface area contributed by atoms with E-state index in [-0.39, 0.29) is 34.2 Å². The Morgan fingerprint density at radius 3 is 1.75 bits per heavy atom. The highest BCUT2D eigenvalue weighted by Gasteiger charge is 2.30. The molecule has 8 heteroatoms. The molecule has 28 heavy (non-hydrogen) atoms. The van der Waals surface area contributed by atoms with Gasteiger partial charge in [0.2, 0.25) is 0 Å². The standard InChI is InChI=1S/C20H35N3O5/c24-20(17-3-7-19(8-4-17)23(27)28)14-21-11-9-16(10-12-21)13-15-1-5-18(6-2-15)22(25)26/h15-19,25,27H,1-14H2/q-2. The van der Waals surface area contributed by atoms with Gasteiger partial charge in [0.15, 0.2) is 0 Å². The summed E-state index contributed by atoms with van der Waals surface area (Å²) in [6, 6.07) is -0.558. The third-order valence-corrected chi connectivity index (χ3v) is 7.35. The molecule has 1 saturated heterocycles. The number of rotatable bonds is 7. The highest BCUT2D eigenvalue weighted by molar-refractivity contribution is 5.83. The predicted octanol–water partition coefficient (Wildman–Crippen LogP) is 3.15. The molecule has 162 valence electrons. The normalized spacial score (nSPS) is 33.5. The van der Waals surface area contributed by atoms with Crippen LogP contribution in [-0.4, -0.2) is 63.3 Å². The van der Waals surface area contributed by atoms with E-state index in [1.165, 1.54) is 6.42 Å². The molecule has 0 spiro atoms. The van der Waals surface area contributed by atoms with E-state index in [2.05, 4.69) is 4.90 Å². The Morgan fingerprint density at radius 2 is 1.25 bits per heavy atom. The maximum absolute atomic E-state index is 12.6. The van der Waals surface area contributed by atoms with E-state index in [9.17, 15) is 15.2 Å². The van der Waals surface area contributed by atoms with Crippen LogP contribution in [0.2, 0.25) is 0 Å². The fourth-order valence-electron chi connectivity index (χ4n) is 5.42. The Bertz CT molecular complexity index is 480. The molecule has 1 heterocycles. The second-order valence-electron chi connectivity index (χ2n) is 9.21. The summed E-state index contributed by atoms with van der Waals surface area (Å²) in [6.07, 6.45) is 9.71. The van der Waals surface area contributed by atoms with E-state index in [1.807, 2.05) is 0 Å². The van der Waals surface area contributed by atoms with Crippen LogP contribution >= 0.6 is 0 Å². The first-order valence-corrected chi connectivity index (χ1v) is 11.0. The number of carbonyl (C=O) groups is 1. The summed E-state index contributed by atoms with van der Waals surface area (Å²) >= 11 is 0. The minimum Gasteiger partial charge on any atom is -0.762 e. The Morgan fingerprint density at radius 1 is 0.786 bits per heavy atom. The van der Waals surface area contributed by atoms with Gasteiger partial charge in [0.25, 0.3) is 0 Å². The third-order valence-electron chi connectivity index (χ3n) is 7.35. The molecule has 2 aliphatic carbocycles. The Hall–Kier alpha value is -0.610. The molecule has 0 atom stereocenters. The van der Waals surface area contributed by atoms with Gasteiger partial charge in [0, 0.05) is 18.0 Å². The third kappa shape index (κ3) is 6.19. The highest BCUT2D eigenvalue weighted by Crippen LogP contribution is 2.34. The monoisotopic (exact) mass is 397 g/mol. The smallest absolute Gasteiger partial charge is 0.149 e. The van der Waals surface area contributed by atoms with Gasteiger partial charge in [-0.25, -0.2) is 0 Å². The van der Waals surface area contributed by atoms with Crippen LogP contribution in [0, 0.1) is 28.2 Å². The minimum absolute atomic E-state index is 0.0382. The van der Waals surface area contributed by atoms with Crippen molar-refractivity contribution in [3.05, 3.63) is 10.4 Å². The molecule has 2 saturated carbocycles. The van der Waals surface area contributed by atoms with Crippen LogP contribution in [0.5, 0.6) is 0 Å². The predicted molar refractivity (Wildman–Crippen MR) is 104 cm³/mol. The summed E-state index contributed by atoms with van der Waals surface area (Å²) < 4.78 is 0. The van der Waals surface area contributed by atoms with Gasteiger partial charge in [-0.1, -0.05) is 0 Å². The van der Waals surface area contributed by atoms with E-state index in [1.54, 1.807) is 0 Å². The number of likely N-dealkylation sites (tertiary alicyclic amines) is 1. The van der Waals surface area contributed by atoms with Crippen molar-refractivity contribution in [3.8, 4) is 0 Å². The first kappa shape index (κ1) is 22.1. The molecule has 0 aromatic heterocycles. The van der Waals surface area contributed by atoms with Crippen molar-refractivity contribution in [2.24, 2.45) is 17.8 Å². The molecule has 0 radical (unpaired) electrons. The van der Waals surface area contributed by atoms with Crippen LogP contribution in [0.1, 0.15) is 70.6 Å². The van der Waals surface area contributed by atoms with Crippen LogP contribution in [0.4, 0.5) is 0 Å².